The molecule has 1 N–H and O–H groups in total. The molecule has 1 aliphatic rings. The van der Waals surface area contributed by atoms with Crippen LogP contribution in [0.15, 0.2) is 24.3 Å². The van der Waals surface area contributed by atoms with Crippen LogP contribution in [0, 0.1) is 0 Å². The summed E-state index contributed by atoms with van der Waals surface area (Å²) in [7, 11) is 1.88. The fraction of sp³-hybridized carbons (Fsp3) is 0.529. The minimum absolute atomic E-state index is 0.617. The van der Waals surface area contributed by atoms with Crippen molar-refractivity contribution in [2.24, 2.45) is 0 Å². The van der Waals surface area contributed by atoms with Crippen LogP contribution in [0.3, 0.4) is 0 Å². The molecule has 0 atom stereocenters. The Morgan fingerprint density at radius 2 is 1.90 bits per heavy atom. The molecule has 1 aromatic heterocycles. The van der Waals surface area contributed by atoms with E-state index < -0.39 is 0 Å². The topological polar surface area (TPSA) is 41.1 Å². The number of benzene rings is 1. The number of rotatable bonds is 4. The van der Waals surface area contributed by atoms with Crippen LogP contribution in [0.4, 0.5) is 11.8 Å². The average Bonchev–Trinajstić information content (AvgIpc) is 2.56. The van der Waals surface area contributed by atoms with Crippen molar-refractivity contribution in [3.8, 4) is 0 Å². The zero-order valence-corrected chi connectivity index (χ0v) is 13.0. The van der Waals surface area contributed by atoms with Crippen LogP contribution in [-0.4, -0.2) is 29.6 Å². The molecular weight excluding hydrogens is 260 g/mol. The van der Waals surface area contributed by atoms with Gasteiger partial charge in [-0.2, -0.15) is 4.98 Å². The lowest BCUT2D eigenvalue weighted by Gasteiger charge is -2.35. The Balaban J connectivity index is 2.07. The zero-order valence-electron chi connectivity index (χ0n) is 13.0. The van der Waals surface area contributed by atoms with E-state index in [1.54, 1.807) is 0 Å². The van der Waals surface area contributed by atoms with Crippen LogP contribution in [0.5, 0.6) is 0 Å². The number of para-hydroxylation sites is 1. The van der Waals surface area contributed by atoms with E-state index in [0.717, 1.165) is 23.3 Å². The van der Waals surface area contributed by atoms with Crippen LogP contribution < -0.4 is 10.2 Å². The summed E-state index contributed by atoms with van der Waals surface area (Å²) in [6.07, 6.45) is 6.61. The molecular formula is C17H24N4. The lowest BCUT2D eigenvalue weighted by Crippen LogP contribution is -2.37. The molecule has 1 aliphatic carbocycles. The molecule has 1 saturated carbocycles. The van der Waals surface area contributed by atoms with Crippen LogP contribution in [0.1, 0.15) is 39.0 Å². The molecule has 3 rings (SSSR count). The molecule has 2 aromatic rings. The lowest BCUT2D eigenvalue weighted by molar-refractivity contribution is 0.417. The molecule has 1 aromatic carbocycles. The monoisotopic (exact) mass is 284 g/mol. The van der Waals surface area contributed by atoms with Gasteiger partial charge >= 0.3 is 0 Å². The smallest absolute Gasteiger partial charge is 0.224 e. The summed E-state index contributed by atoms with van der Waals surface area (Å²) in [6.45, 7) is 3.22. The highest BCUT2D eigenvalue weighted by Gasteiger charge is 2.23. The van der Waals surface area contributed by atoms with Crippen molar-refractivity contribution in [1.82, 2.24) is 9.97 Å². The number of nitrogens with one attached hydrogen (secondary N) is 1. The number of nitrogens with zero attached hydrogens (tertiary/aromatic N) is 3. The summed E-state index contributed by atoms with van der Waals surface area (Å²) in [4.78, 5) is 11.8. The molecule has 0 aliphatic heterocycles. The number of aromatic nitrogens is 2. The molecule has 0 bridgehead atoms. The van der Waals surface area contributed by atoms with Crippen molar-refractivity contribution < 1.29 is 0 Å². The van der Waals surface area contributed by atoms with Gasteiger partial charge in [-0.25, -0.2) is 4.98 Å². The Kier molecular flexibility index (Phi) is 4.23. The van der Waals surface area contributed by atoms with Crippen LogP contribution in [0.2, 0.25) is 0 Å². The Morgan fingerprint density at radius 1 is 1.14 bits per heavy atom. The Labute approximate surface area is 126 Å². The second-order valence-electron chi connectivity index (χ2n) is 5.72. The van der Waals surface area contributed by atoms with Crippen molar-refractivity contribution in [1.29, 1.82) is 0 Å². The van der Waals surface area contributed by atoms with E-state index in [-0.39, 0.29) is 0 Å². The van der Waals surface area contributed by atoms with Gasteiger partial charge in [0.2, 0.25) is 5.95 Å². The quantitative estimate of drug-likeness (QED) is 0.926. The van der Waals surface area contributed by atoms with E-state index in [1.807, 2.05) is 13.1 Å². The number of hydrogen-bond acceptors (Lipinski definition) is 4. The average molecular weight is 284 g/mol. The Morgan fingerprint density at radius 3 is 2.62 bits per heavy atom. The lowest BCUT2D eigenvalue weighted by atomic mass is 9.94. The summed E-state index contributed by atoms with van der Waals surface area (Å²) in [5.74, 6) is 1.79. The normalized spacial score (nSPS) is 16.1. The fourth-order valence-corrected chi connectivity index (χ4v) is 3.36. The molecule has 4 nitrogen and oxygen atoms in total. The van der Waals surface area contributed by atoms with Gasteiger partial charge in [-0.1, -0.05) is 31.4 Å². The van der Waals surface area contributed by atoms with Crippen molar-refractivity contribution in [2.45, 2.75) is 45.1 Å². The van der Waals surface area contributed by atoms with Gasteiger partial charge in [0.15, 0.2) is 0 Å². The van der Waals surface area contributed by atoms with E-state index >= 15 is 0 Å². The highest BCUT2D eigenvalue weighted by molar-refractivity contribution is 5.90. The van der Waals surface area contributed by atoms with Crippen molar-refractivity contribution >= 4 is 22.7 Å². The fourth-order valence-electron chi connectivity index (χ4n) is 3.36. The maximum atomic E-state index is 4.77. The molecule has 0 amide bonds. The Bertz CT molecular complexity index is 605. The van der Waals surface area contributed by atoms with E-state index in [9.17, 15) is 0 Å². The van der Waals surface area contributed by atoms with Crippen LogP contribution >= 0.6 is 0 Å². The predicted molar refractivity (Wildman–Crippen MR) is 89.0 cm³/mol. The van der Waals surface area contributed by atoms with Crippen molar-refractivity contribution in [2.75, 3.05) is 23.8 Å². The molecule has 1 heterocycles. The van der Waals surface area contributed by atoms with Gasteiger partial charge in [0.05, 0.1) is 5.52 Å². The van der Waals surface area contributed by atoms with E-state index in [0.29, 0.717) is 12.0 Å². The van der Waals surface area contributed by atoms with E-state index in [1.165, 1.54) is 32.1 Å². The highest BCUT2D eigenvalue weighted by Crippen LogP contribution is 2.31. The second kappa shape index (κ2) is 6.29. The summed E-state index contributed by atoms with van der Waals surface area (Å²) >= 11 is 0. The third-order valence-corrected chi connectivity index (χ3v) is 4.43. The first-order valence-corrected chi connectivity index (χ1v) is 8.04. The molecule has 4 heteroatoms. The van der Waals surface area contributed by atoms with E-state index in [4.69, 9.17) is 4.98 Å². The summed E-state index contributed by atoms with van der Waals surface area (Å²) in [5.41, 5.74) is 1.01. The summed E-state index contributed by atoms with van der Waals surface area (Å²) < 4.78 is 0. The maximum Gasteiger partial charge on any atom is 0.224 e. The van der Waals surface area contributed by atoms with E-state index in [2.05, 4.69) is 40.3 Å². The van der Waals surface area contributed by atoms with Gasteiger partial charge in [-0.05, 0) is 31.9 Å². The number of fused-ring (bicyclic) bond motifs is 1. The third-order valence-electron chi connectivity index (χ3n) is 4.43. The molecule has 1 fully saturated rings. The first-order chi connectivity index (χ1) is 10.3. The number of anilines is 2. The minimum Gasteiger partial charge on any atom is -0.357 e. The van der Waals surface area contributed by atoms with Crippen molar-refractivity contribution in [3.63, 3.8) is 0 Å². The Hall–Kier alpha value is -1.84. The first kappa shape index (κ1) is 14.1. The van der Waals surface area contributed by atoms with Gasteiger partial charge in [0.1, 0.15) is 5.82 Å². The van der Waals surface area contributed by atoms with Gasteiger partial charge < -0.3 is 10.2 Å². The van der Waals surface area contributed by atoms with Gasteiger partial charge in [-0.15, -0.1) is 0 Å². The van der Waals surface area contributed by atoms with Crippen LogP contribution in [0.25, 0.3) is 10.9 Å². The minimum atomic E-state index is 0.617. The SMILES string of the molecule is CCN(c1nc(NC)nc2ccccc12)C1CCCCC1. The maximum absolute atomic E-state index is 4.77. The first-order valence-electron chi connectivity index (χ1n) is 8.04. The second-order valence-corrected chi connectivity index (χ2v) is 5.72. The van der Waals surface area contributed by atoms with Gasteiger partial charge in [0, 0.05) is 25.0 Å². The number of hydrogen-bond donors (Lipinski definition) is 1. The molecule has 0 spiro atoms. The zero-order chi connectivity index (χ0) is 14.7. The summed E-state index contributed by atoms with van der Waals surface area (Å²) in [6, 6.07) is 8.93. The third kappa shape index (κ3) is 2.80. The standard InChI is InChI=1S/C17H24N4/c1-3-21(13-9-5-4-6-10-13)16-14-11-7-8-12-15(14)19-17(18-2)20-16/h7-8,11-13H,3-6,9-10H2,1-2H3,(H,18,19,20). The van der Waals surface area contributed by atoms with Gasteiger partial charge in [-0.3, -0.25) is 0 Å². The largest absolute Gasteiger partial charge is 0.357 e. The van der Waals surface area contributed by atoms with Crippen LogP contribution in [-0.2, 0) is 0 Å². The molecule has 21 heavy (non-hydrogen) atoms. The molecule has 0 saturated heterocycles. The summed E-state index contributed by atoms with van der Waals surface area (Å²) in [5, 5.41) is 4.25. The molecule has 0 unspecified atom stereocenters. The molecule has 0 radical (unpaired) electrons. The van der Waals surface area contributed by atoms with Crippen molar-refractivity contribution in [3.05, 3.63) is 24.3 Å². The molecule has 112 valence electrons. The predicted octanol–water partition coefficient (Wildman–Crippen LogP) is 3.83. The van der Waals surface area contributed by atoms with Gasteiger partial charge in [0.25, 0.3) is 0 Å². The highest BCUT2D eigenvalue weighted by atomic mass is 15.2.